The molecule has 165 valence electrons. The lowest BCUT2D eigenvalue weighted by Crippen LogP contribution is -2.45. The second-order valence-electron chi connectivity index (χ2n) is 7.57. The highest BCUT2D eigenvalue weighted by atomic mass is 16.5. The summed E-state index contributed by atoms with van der Waals surface area (Å²) in [6, 6.07) is 17.6. The van der Waals surface area contributed by atoms with E-state index in [0.29, 0.717) is 5.56 Å². The van der Waals surface area contributed by atoms with Gasteiger partial charge in [0, 0.05) is 26.2 Å². The van der Waals surface area contributed by atoms with E-state index >= 15 is 0 Å². The van der Waals surface area contributed by atoms with Crippen LogP contribution in [0.3, 0.4) is 0 Å². The number of morpholine rings is 1. The molecule has 2 aromatic carbocycles. The van der Waals surface area contributed by atoms with Crippen LogP contribution in [0.15, 0.2) is 54.6 Å². The Morgan fingerprint density at radius 2 is 1.74 bits per heavy atom. The standard InChI is InChI=1S/C24H31N4O3/c1-26-17-22(29)28(18-19-7-3-2-4-8-19)23(24(25)30)21-10-6-5-9-20(21)11-12-27-13-15-31-16-14-27/h2-10,26H,11-18H2,1H3,(H2,25,30). The topological polar surface area (TPSA) is 87.9 Å². The number of carbonyl (C=O) groups is 2. The number of hydrogen-bond acceptors (Lipinski definition) is 5. The summed E-state index contributed by atoms with van der Waals surface area (Å²) >= 11 is 0. The van der Waals surface area contributed by atoms with Gasteiger partial charge in [0.1, 0.15) is 0 Å². The highest BCUT2D eigenvalue weighted by Gasteiger charge is 2.32. The molecule has 0 aliphatic carbocycles. The Labute approximate surface area is 184 Å². The van der Waals surface area contributed by atoms with Crippen molar-refractivity contribution in [2.24, 2.45) is 5.73 Å². The van der Waals surface area contributed by atoms with Gasteiger partial charge in [0.2, 0.25) is 5.91 Å². The average molecular weight is 424 g/mol. The molecule has 1 fully saturated rings. The number of nitrogens with one attached hydrogen (secondary N) is 1. The van der Waals surface area contributed by atoms with Crippen molar-refractivity contribution in [3.05, 3.63) is 77.3 Å². The molecule has 7 heteroatoms. The summed E-state index contributed by atoms with van der Waals surface area (Å²) in [5.74, 6) is -0.817. The maximum Gasteiger partial charge on any atom is 0.251 e. The van der Waals surface area contributed by atoms with Crippen LogP contribution in [0, 0.1) is 6.04 Å². The Morgan fingerprint density at radius 3 is 2.42 bits per heavy atom. The third-order valence-electron chi connectivity index (χ3n) is 5.39. The quantitative estimate of drug-likeness (QED) is 0.599. The third-order valence-corrected chi connectivity index (χ3v) is 5.39. The van der Waals surface area contributed by atoms with E-state index in [9.17, 15) is 9.59 Å². The average Bonchev–Trinajstić information content (AvgIpc) is 2.79. The van der Waals surface area contributed by atoms with Gasteiger partial charge in [-0.15, -0.1) is 0 Å². The number of likely N-dealkylation sites (N-methyl/N-ethyl adjacent to an activating group) is 1. The Morgan fingerprint density at radius 1 is 1.06 bits per heavy atom. The van der Waals surface area contributed by atoms with Gasteiger partial charge in [-0.3, -0.25) is 14.5 Å². The normalized spacial score (nSPS) is 14.5. The largest absolute Gasteiger partial charge is 0.379 e. The minimum absolute atomic E-state index is 0.111. The fourth-order valence-electron chi connectivity index (χ4n) is 3.79. The molecular formula is C24H31N4O3. The smallest absolute Gasteiger partial charge is 0.251 e. The Kier molecular flexibility index (Phi) is 8.58. The zero-order valence-electron chi connectivity index (χ0n) is 18.0. The molecule has 2 aromatic rings. The summed E-state index contributed by atoms with van der Waals surface area (Å²) < 4.78 is 5.43. The summed E-state index contributed by atoms with van der Waals surface area (Å²) in [5.41, 5.74) is 8.49. The third kappa shape index (κ3) is 6.37. The summed E-state index contributed by atoms with van der Waals surface area (Å²) in [6.07, 6.45) is 0.756. The van der Waals surface area contributed by atoms with Gasteiger partial charge in [-0.1, -0.05) is 54.6 Å². The molecule has 0 spiro atoms. The number of carbonyl (C=O) groups excluding carboxylic acids is 2. The lowest BCUT2D eigenvalue weighted by Gasteiger charge is -2.31. The molecule has 7 nitrogen and oxygen atoms in total. The summed E-state index contributed by atoms with van der Waals surface area (Å²) in [5, 5.41) is 2.89. The van der Waals surface area contributed by atoms with Gasteiger partial charge < -0.3 is 20.7 Å². The van der Waals surface area contributed by atoms with Crippen LogP contribution < -0.4 is 11.1 Å². The highest BCUT2D eigenvalue weighted by molar-refractivity contribution is 5.97. The number of rotatable bonds is 10. The Bertz CT molecular complexity index is 853. The van der Waals surface area contributed by atoms with Crippen LogP contribution in [-0.2, 0) is 27.3 Å². The van der Waals surface area contributed by atoms with Crippen molar-refractivity contribution in [3.8, 4) is 0 Å². The molecule has 1 aliphatic rings. The van der Waals surface area contributed by atoms with Crippen LogP contribution in [0.4, 0.5) is 0 Å². The number of nitrogens with zero attached hydrogens (tertiary/aromatic N) is 2. The van der Waals surface area contributed by atoms with Crippen molar-refractivity contribution >= 4 is 11.8 Å². The molecule has 1 saturated heterocycles. The molecule has 3 N–H and O–H groups in total. The maximum absolute atomic E-state index is 13.0. The fourth-order valence-corrected chi connectivity index (χ4v) is 3.79. The molecule has 0 unspecified atom stereocenters. The first kappa shape index (κ1) is 22.9. The molecule has 1 radical (unpaired) electrons. The van der Waals surface area contributed by atoms with E-state index in [1.54, 1.807) is 7.05 Å². The van der Waals surface area contributed by atoms with E-state index in [0.717, 1.165) is 50.4 Å². The van der Waals surface area contributed by atoms with E-state index in [1.807, 2.05) is 54.6 Å². The minimum Gasteiger partial charge on any atom is -0.379 e. The molecule has 2 amide bonds. The van der Waals surface area contributed by atoms with Crippen LogP contribution in [0.25, 0.3) is 0 Å². The fraction of sp³-hybridized carbons (Fsp3) is 0.375. The number of benzene rings is 2. The second-order valence-corrected chi connectivity index (χ2v) is 7.57. The lowest BCUT2D eigenvalue weighted by molar-refractivity contribution is -0.133. The predicted octanol–water partition coefficient (Wildman–Crippen LogP) is 1.17. The SMILES string of the molecule is CNCC(=O)N(Cc1ccccc1)[C](C(N)=O)c1ccccc1CCN1CCOCC1. The molecule has 0 atom stereocenters. The molecule has 0 saturated carbocycles. The van der Waals surface area contributed by atoms with Crippen molar-refractivity contribution in [3.63, 3.8) is 0 Å². The Balaban J connectivity index is 1.88. The monoisotopic (exact) mass is 423 g/mol. The number of ether oxygens (including phenoxy) is 1. The number of primary amides is 1. The van der Waals surface area contributed by atoms with Crippen LogP contribution >= 0.6 is 0 Å². The number of nitrogens with two attached hydrogens (primary N) is 1. The Hall–Kier alpha value is -2.74. The van der Waals surface area contributed by atoms with Gasteiger partial charge in [0.05, 0.1) is 19.8 Å². The molecule has 0 aromatic heterocycles. The first-order chi connectivity index (χ1) is 15.1. The van der Waals surface area contributed by atoms with E-state index in [4.69, 9.17) is 10.5 Å². The minimum atomic E-state index is -0.612. The van der Waals surface area contributed by atoms with Crippen LogP contribution in [-0.4, -0.2) is 68.1 Å². The molecule has 3 rings (SSSR count). The summed E-state index contributed by atoms with van der Waals surface area (Å²) in [6.45, 7) is 4.52. The van der Waals surface area contributed by atoms with Crippen molar-refractivity contribution < 1.29 is 14.3 Å². The zero-order valence-corrected chi connectivity index (χ0v) is 18.0. The van der Waals surface area contributed by atoms with Gasteiger partial charge in [-0.25, -0.2) is 0 Å². The predicted molar refractivity (Wildman–Crippen MR) is 120 cm³/mol. The van der Waals surface area contributed by atoms with Crippen molar-refractivity contribution in [1.82, 2.24) is 15.1 Å². The molecule has 1 heterocycles. The van der Waals surface area contributed by atoms with Gasteiger partial charge in [0.25, 0.3) is 5.91 Å². The van der Waals surface area contributed by atoms with Crippen LogP contribution in [0.1, 0.15) is 16.7 Å². The van der Waals surface area contributed by atoms with E-state index in [1.165, 1.54) is 4.90 Å². The van der Waals surface area contributed by atoms with Gasteiger partial charge in [-0.2, -0.15) is 0 Å². The molecule has 31 heavy (non-hydrogen) atoms. The van der Waals surface area contributed by atoms with Crippen molar-refractivity contribution in [1.29, 1.82) is 0 Å². The second kappa shape index (κ2) is 11.6. The highest BCUT2D eigenvalue weighted by Crippen LogP contribution is 2.26. The molecule has 0 bridgehead atoms. The molecule has 1 aliphatic heterocycles. The first-order valence-electron chi connectivity index (χ1n) is 10.6. The number of hydrogen-bond donors (Lipinski definition) is 2. The van der Waals surface area contributed by atoms with Crippen molar-refractivity contribution in [2.75, 3.05) is 46.4 Å². The lowest BCUT2D eigenvalue weighted by atomic mass is 9.95. The van der Waals surface area contributed by atoms with Crippen LogP contribution in [0.5, 0.6) is 0 Å². The van der Waals surface area contributed by atoms with E-state index < -0.39 is 5.91 Å². The molecular weight excluding hydrogens is 392 g/mol. The van der Waals surface area contributed by atoms with Gasteiger partial charge >= 0.3 is 0 Å². The van der Waals surface area contributed by atoms with Gasteiger partial charge in [0.15, 0.2) is 6.04 Å². The maximum atomic E-state index is 13.0. The number of amides is 2. The van der Waals surface area contributed by atoms with E-state index in [2.05, 4.69) is 10.2 Å². The first-order valence-corrected chi connectivity index (χ1v) is 10.6. The van der Waals surface area contributed by atoms with Gasteiger partial charge in [-0.05, 0) is 30.2 Å². The van der Waals surface area contributed by atoms with E-state index in [-0.39, 0.29) is 25.0 Å². The van der Waals surface area contributed by atoms with Crippen molar-refractivity contribution in [2.45, 2.75) is 13.0 Å². The summed E-state index contributed by atoms with van der Waals surface area (Å²) in [7, 11) is 1.71. The zero-order chi connectivity index (χ0) is 22.1. The van der Waals surface area contributed by atoms with Crippen LogP contribution in [0.2, 0.25) is 0 Å². The summed E-state index contributed by atoms with van der Waals surface area (Å²) in [4.78, 5) is 29.5.